The Bertz CT molecular complexity index is 548. The molecule has 2 rings (SSSR count). The lowest BCUT2D eigenvalue weighted by atomic mass is 10.2. The van der Waals surface area contributed by atoms with Crippen LogP contribution in [0, 0.1) is 13.8 Å². The second-order valence-corrected chi connectivity index (χ2v) is 4.64. The molecule has 0 saturated carbocycles. The third-order valence-corrected chi connectivity index (χ3v) is 3.49. The molecule has 1 atom stereocenters. The summed E-state index contributed by atoms with van der Waals surface area (Å²) in [6.07, 6.45) is 1.84. The molecular weight excluding hydrogens is 250 g/mol. The number of aromatic nitrogens is 3. The molecule has 18 heavy (non-hydrogen) atoms. The van der Waals surface area contributed by atoms with Gasteiger partial charge in [-0.1, -0.05) is 18.5 Å². The summed E-state index contributed by atoms with van der Waals surface area (Å²) in [4.78, 5) is 4.25. The van der Waals surface area contributed by atoms with Gasteiger partial charge in [0.1, 0.15) is 0 Å². The molecule has 2 heterocycles. The van der Waals surface area contributed by atoms with Gasteiger partial charge in [0.05, 0.1) is 40.1 Å². The van der Waals surface area contributed by atoms with Gasteiger partial charge in [0.15, 0.2) is 0 Å². The first-order valence-corrected chi connectivity index (χ1v) is 6.28. The van der Waals surface area contributed by atoms with Crippen LogP contribution in [-0.2, 0) is 0 Å². The molecule has 0 aromatic carbocycles. The molecule has 0 amide bonds. The minimum atomic E-state index is -0.511. The quantitative estimate of drug-likeness (QED) is 0.928. The third kappa shape index (κ3) is 2.26. The summed E-state index contributed by atoms with van der Waals surface area (Å²) >= 11 is 6.11. The molecule has 96 valence electrons. The third-order valence-electron chi connectivity index (χ3n) is 2.95. The minimum Gasteiger partial charge on any atom is -0.387 e. The Labute approximate surface area is 111 Å². The van der Waals surface area contributed by atoms with Gasteiger partial charge < -0.3 is 5.11 Å². The van der Waals surface area contributed by atoms with Crippen molar-refractivity contribution in [1.82, 2.24) is 14.8 Å². The molecular formula is C13H16ClN3O. The summed E-state index contributed by atoms with van der Waals surface area (Å²) in [5.74, 6) is 0. The molecule has 1 N–H and O–H groups in total. The Hall–Kier alpha value is -1.39. The van der Waals surface area contributed by atoms with Crippen molar-refractivity contribution in [3.63, 3.8) is 0 Å². The van der Waals surface area contributed by atoms with Gasteiger partial charge in [-0.05, 0) is 32.4 Å². The number of aryl methyl sites for hydroxylation is 1. The number of nitrogens with zero attached hydrogens (tertiary/aromatic N) is 3. The molecule has 0 aliphatic carbocycles. The van der Waals surface area contributed by atoms with Crippen LogP contribution >= 0.6 is 11.6 Å². The van der Waals surface area contributed by atoms with Crippen LogP contribution in [0.15, 0.2) is 18.3 Å². The fraction of sp³-hybridized carbons (Fsp3) is 0.385. The van der Waals surface area contributed by atoms with E-state index in [0.717, 1.165) is 17.1 Å². The zero-order chi connectivity index (χ0) is 13.3. The monoisotopic (exact) mass is 265 g/mol. The molecule has 1 unspecified atom stereocenters. The van der Waals surface area contributed by atoms with E-state index in [4.69, 9.17) is 11.6 Å². The normalized spacial score (nSPS) is 12.7. The van der Waals surface area contributed by atoms with Crippen LogP contribution < -0.4 is 0 Å². The number of hydrogen-bond donors (Lipinski definition) is 1. The molecule has 0 spiro atoms. The van der Waals surface area contributed by atoms with Crippen LogP contribution in [0.4, 0.5) is 0 Å². The molecule has 0 saturated heterocycles. The van der Waals surface area contributed by atoms with Crippen molar-refractivity contribution >= 4 is 11.6 Å². The number of hydrogen-bond acceptors (Lipinski definition) is 3. The summed E-state index contributed by atoms with van der Waals surface area (Å²) in [7, 11) is 0. The van der Waals surface area contributed by atoms with Crippen LogP contribution in [0.2, 0.25) is 5.02 Å². The minimum absolute atomic E-state index is 0.511. The maximum absolute atomic E-state index is 9.69. The van der Waals surface area contributed by atoms with Crippen LogP contribution in [-0.4, -0.2) is 19.9 Å². The molecule has 0 fully saturated rings. The van der Waals surface area contributed by atoms with E-state index in [2.05, 4.69) is 10.1 Å². The van der Waals surface area contributed by atoms with E-state index in [9.17, 15) is 5.11 Å². The lowest BCUT2D eigenvalue weighted by molar-refractivity contribution is 0.169. The zero-order valence-electron chi connectivity index (χ0n) is 10.7. The molecule has 2 aromatic rings. The van der Waals surface area contributed by atoms with Crippen LogP contribution in [0.5, 0.6) is 0 Å². The summed E-state index contributed by atoms with van der Waals surface area (Å²) in [6, 6.07) is 3.70. The Balaban J connectivity index is 2.37. The molecule has 4 nitrogen and oxygen atoms in total. The highest BCUT2D eigenvalue weighted by molar-refractivity contribution is 6.31. The highest BCUT2D eigenvalue weighted by atomic mass is 35.5. The van der Waals surface area contributed by atoms with Crippen molar-refractivity contribution in [2.45, 2.75) is 33.3 Å². The summed E-state index contributed by atoms with van der Waals surface area (Å²) in [5, 5.41) is 14.7. The van der Waals surface area contributed by atoms with E-state index in [1.165, 1.54) is 0 Å². The lowest BCUT2D eigenvalue weighted by Crippen LogP contribution is -2.03. The topological polar surface area (TPSA) is 50.9 Å². The number of pyridine rings is 1. The fourth-order valence-electron chi connectivity index (χ4n) is 1.80. The smallest absolute Gasteiger partial charge is 0.0957 e. The first-order chi connectivity index (χ1) is 8.54. The predicted octanol–water partition coefficient (Wildman–Crippen LogP) is 2.98. The van der Waals surface area contributed by atoms with E-state index >= 15 is 0 Å². The van der Waals surface area contributed by atoms with Gasteiger partial charge >= 0.3 is 0 Å². The average Bonchev–Trinajstić information content (AvgIpc) is 2.66. The van der Waals surface area contributed by atoms with Gasteiger partial charge in [0.2, 0.25) is 0 Å². The Kier molecular flexibility index (Phi) is 3.68. The second-order valence-electron chi connectivity index (χ2n) is 4.26. The first kappa shape index (κ1) is 13.1. The maximum atomic E-state index is 9.69. The maximum Gasteiger partial charge on any atom is 0.0957 e. The largest absolute Gasteiger partial charge is 0.387 e. The van der Waals surface area contributed by atoms with E-state index in [-0.39, 0.29) is 0 Å². The Morgan fingerprint density at radius 2 is 2.11 bits per heavy atom. The highest BCUT2D eigenvalue weighted by Crippen LogP contribution is 2.22. The van der Waals surface area contributed by atoms with Crippen molar-refractivity contribution in [3.8, 4) is 5.69 Å². The number of halogens is 1. The van der Waals surface area contributed by atoms with Crippen molar-refractivity contribution in [3.05, 3.63) is 40.4 Å². The number of aliphatic hydroxyl groups excluding tert-OH is 1. The van der Waals surface area contributed by atoms with E-state index < -0.39 is 6.10 Å². The first-order valence-electron chi connectivity index (χ1n) is 5.90. The molecule has 2 aromatic heterocycles. The van der Waals surface area contributed by atoms with Crippen molar-refractivity contribution in [2.75, 3.05) is 0 Å². The van der Waals surface area contributed by atoms with Gasteiger partial charge in [0, 0.05) is 0 Å². The molecule has 0 radical (unpaired) electrons. The SMILES string of the molecule is CCC(O)c1ccc(-n2nc(C)c(Cl)c2C)cn1. The van der Waals surface area contributed by atoms with Crippen molar-refractivity contribution in [2.24, 2.45) is 0 Å². The van der Waals surface area contributed by atoms with Gasteiger partial charge in [-0.3, -0.25) is 4.98 Å². The van der Waals surface area contributed by atoms with Crippen LogP contribution in [0.3, 0.4) is 0 Å². The number of aliphatic hydroxyl groups is 1. The van der Waals surface area contributed by atoms with E-state index in [1.807, 2.05) is 32.9 Å². The van der Waals surface area contributed by atoms with Gasteiger partial charge in [-0.15, -0.1) is 0 Å². The number of rotatable bonds is 3. The second kappa shape index (κ2) is 5.08. The zero-order valence-corrected chi connectivity index (χ0v) is 11.4. The lowest BCUT2D eigenvalue weighted by Gasteiger charge is -2.08. The predicted molar refractivity (Wildman–Crippen MR) is 71.1 cm³/mol. The Morgan fingerprint density at radius 3 is 2.56 bits per heavy atom. The molecule has 5 heteroatoms. The van der Waals surface area contributed by atoms with Crippen molar-refractivity contribution in [1.29, 1.82) is 0 Å². The van der Waals surface area contributed by atoms with E-state index in [0.29, 0.717) is 17.1 Å². The summed E-state index contributed by atoms with van der Waals surface area (Å²) in [6.45, 7) is 5.70. The van der Waals surface area contributed by atoms with Crippen LogP contribution in [0.1, 0.15) is 36.5 Å². The Morgan fingerprint density at radius 1 is 1.39 bits per heavy atom. The molecule has 0 bridgehead atoms. The van der Waals surface area contributed by atoms with Gasteiger partial charge in [-0.25, -0.2) is 4.68 Å². The molecule has 0 aliphatic heterocycles. The van der Waals surface area contributed by atoms with E-state index in [1.54, 1.807) is 10.9 Å². The average molecular weight is 266 g/mol. The van der Waals surface area contributed by atoms with Crippen molar-refractivity contribution < 1.29 is 5.11 Å². The van der Waals surface area contributed by atoms with Gasteiger partial charge in [-0.2, -0.15) is 5.10 Å². The highest BCUT2D eigenvalue weighted by Gasteiger charge is 2.12. The van der Waals surface area contributed by atoms with Gasteiger partial charge in [0.25, 0.3) is 0 Å². The standard InChI is InChI=1S/C13H16ClN3O/c1-4-12(18)11-6-5-10(7-15-11)17-9(3)13(14)8(2)16-17/h5-7,12,18H,4H2,1-3H3. The summed E-state index contributed by atoms with van der Waals surface area (Å²) in [5.41, 5.74) is 3.20. The molecule has 0 aliphatic rings. The fourth-order valence-corrected chi connectivity index (χ4v) is 1.92. The van der Waals surface area contributed by atoms with Crippen LogP contribution in [0.25, 0.3) is 5.69 Å². The summed E-state index contributed by atoms with van der Waals surface area (Å²) < 4.78 is 1.76.